The Bertz CT molecular complexity index is 667. The minimum absolute atomic E-state index is 0.366. The molecule has 2 aromatic carbocycles. The van der Waals surface area contributed by atoms with E-state index < -0.39 is 11.2 Å². The summed E-state index contributed by atoms with van der Waals surface area (Å²) in [6, 6.07) is 16.1. The van der Waals surface area contributed by atoms with Crippen LogP contribution >= 0.6 is 12.6 Å². The Hall–Kier alpha value is -1.94. The van der Waals surface area contributed by atoms with E-state index in [1.807, 2.05) is 18.2 Å². The lowest BCUT2D eigenvalue weighted by Crippen LogP contribution is -2.12. The summed E-state index contributed by atoms with van der Waals surface area (Å²) in [5, 5.41) is 18.0. The molecule has 4 heteroatoms. The second-order valence-electron chi connectivity index (χ2n) is 6.40. The fourth-order valence-corrected chi connectivity index (χ4v) is 3.02. The smallest absolute Gasteiger partial charge is 0.316 e. The molecule has 0 heterocycles. The van der Waals surface area contributed by atoms with Crippen molar-refractivity contribution in [3.8, 4) is 5.75 Å². The topological polar surface area (TPSA) is 57.5 Å². The maximum Gasteiger partial charge on any atom is 0.316 e. The number of carbonyl (C=O) groups is 1. The van der Waals surface area contributed by atoms with Gasteiger partial charge in [0, 0.05) is 0 Å². The predicted molar refractivity (Wildman–Crippen MR) is 105 cm³/mol. The van der Waals surface area contributed by atoms with Crippen molar-refractivity contribution in [2.24, 2.45) is 0 Å². The number of rotatable bonds is 10. The van der Waals surface area contributed by atoms with Crippen LogP contribution in [0.4, 0.5) is 0 Å². The van der Waals surface area contributed by atoms with Crippen molar-refractivity contribution in [2.75, 3.05) is 0 Å². The van der Waals surface area contributed by atoms with Gasteiger partial charge in [-0.2, -0.15) is 12.6 Å². The van der Waals surface area contributed by atoms with Crippen LogP contribution in [0.2, 0.25) is 0 Å². The summed E-state index contributed by atoms with van der Waals surface area (Å²) in [7, 11) is 0. The van der Waals surface area contributed by atoms with Gasteiger partial charge in [0.05, 0.1) is 5.25 Å². The maximum absolute atomic E-state index is 10.7. The van der Waals surface area contributed by atoms with Gasteiger partial charge in [-0.3, -0.25) is 4.79 Å². The number of hydrogen-bond donors (Lipinski definition) is 3. The highest BCUT2D eigenvalue weighted by Gasteiger charge is 2.10. The molecule has 0 fully saturated rings. The first-order valence-corrected chi connectivity index (χ1v) is 9.33. The second kappa shape index (κ2) is 10.1. The minimum Gasteiger partial charge on any atom is -0.508 e. The van der Waals surface area contributed by atoms with E-state index in [0.29, 0.717) is 12.2 Å². The van der Waals surface area contributed by atoms with E-state index in [9.17, 15) is 9.90 Å². The molecule has 2 aromatic rings. The number of benzene rings is 2. The first kappa shape index (κ1) is 19.4. The fraction of sp³-hybridized carbons (Fsp3) is 0.381. The lowest BCUT2D eigenvalue weighted by Gasteiger charge is -2.07. The molecule has 0 aromatic heterocycles. The molecule has 3 nitrogen and oxygen atoms in total. The van der Waals surface area contributed by atoms with Crippen LogP contribution in [0.15, 0.2) is 48.5 Å². The highest BCUT2D eigenvalue weighted by molar-refractivity contribution is 7.81. The summed E-state index contributed by atoms with van der Waals surface area (Å²) < 4.78 is 0. The molecule has 1 atom stereocenters. The molecular formula is C21H26O3S. The van der Waals surface area contributed by atoms with Crippen LogP contribution in [0, 0.1) is 0 Å². The molecule has 0 aliphatic carbocycles. The number of hydrogen-bond acceptors (Lipinski definition) is 3. The van der Waals surface area contributed by atoms with Gasteiger partial charge in [0.1, 0.15) is 5.75 Å². The van der Waals surface area contributed by atoms with Crippen molar-refractivity contribution in [1.29, 1.82) is 0 Å². The fourth-order valence-electron chi connectivity index (χ4n) is 2.84. The molecule has 134 valence electrons. The van der Waals surface area contributed by atoms with Gasteiger partial charge in [0.2, 0.25) is 0 Å². The Morgan fingerprint density at radius 2 is 1.52 bits per heavy atom. The SMILES string of the molecule is O=C(O)C(S)CCCCCc1ccc(CCc2ccccc2O)cc1. The van der Waals surface area contributed by atoms with Crippen molar-refractivity contribution in [2.45, 2.75) is 50.2 Å². The average Bonchev–Trinajstić information content (AvgIpc) is 2.61. The molecule has 0 spiro atoms. The van der Waals surface area contributed by atoms with E-state index in [-0.39, 0.29) is 0 Å². The van der Waals surface area contributed by atoms with Gasteiger partial charge in [0.25, 0.3) is 0 Å². The zero-order valence-corrected chi connectivity index (χ0v) is 15.3. The van der Waals surface area contributed by atoms with Crippen molar-refractivity contribution >= 4 is 18.6 Å². The summed E-state index contributed by atoms with van der Waals surface area (Å²) in [5.41, 5.74) is 3.56. The Labute approximate surface area is 155 Å². The van der Waals surface area contributed by atoms with Gasteiger partial charge < -0.3 is 10.2 Å². The number of phenols is 1. The monoisotopic (exact) mass is 358 g/mol. The molecule has 0 aliphatic rings. The van der Waals surface area contributed by atoms with E-state index in [2.05, 4.69) is 36.9 Å². The van der Waals surface area contributed by atoms with Gasteiger partial charge in [-0.25, -0.2) is 0 Å². The van der Waals surface area contributed by atoms with Gasteiger partial charge >= 0.3 is 5.97 Å². The highest BCUT2D eigenvalue weighted by Crippen LogP contribution is 2.18. The summed E-state index contributed by atoms with van der Waals surface area (Å²) in [6.45, 7) is 0. The lowest BCUT2D eigenvalue weighted by atomic mass is 10.0. The average molecular weight is 359 g/mol. The number of thiol groups is 1. The second-order valence-corrected chi connectivity index (χ2v) is 7.02. The van der Waals surface area contributed by atoms with Gasteiger partial charge in [-0.1, -0.05) is 55.3 Å². The van der Waals surface area contributed by atoms with Gasteiger partial charge in [-0.15, -0.1) is 0 Å². The Morgan fingerprint density at radius 3 is 2.16 bits per heavy atom. The normalized spacial score (nSPS) is 12.0. The molecular weight excluding hydrogens is 332 g/mol. The third-order valence-corrected chi connectivity index (χ3v) is 4.90. The molecule has 0 saturated heterocycles. The van der Waals surface area contributed by atoms with Crippen LogP contribution in [0.3, 0.4) is 0 Å². The van der Waals surface area contributed by atoms with Crippen LogP contribution in [0.25, 0.3) is 0 Å². The first-order valence-electron chi connectivity index (χ1n) is 8.82. The molecule has 25 heavy (non-hydrogen) atoms. The number of para-hydroxylation sites is 1. The van der Waals surface area contributed by atoms with E-state index in [1.54, 1.807) is 6.07 Å². The number of carboxylic acid groups (broad SMARTS) is 1. The summed E-state index contributed by atoms with van der Waals surface area (Å²) in [6.07, 6.45) is 6.39. The van der Waals surface area contributed by atoms with Crippen LogP contribution in [0.1, 0.15) is 42.4 Å². The molecule has 0 bridgehead atoms. The van der Waals surface area contributed by atoms with Gasteiger partial charge in [0.15, 0.2) is 0 Å². The van der Waals surface area contributed by atoms with E-state index in [1.165, 1.54) is 11.1 Å². The Morgan fingerprint density at radius 1 is 0.880 bits per heavy atom. The zero-order valence-electron chi connectivity index (χ0n) is 14.4. The first-order chi connectivity index (χ1) is 12.1. The van der Waals surface area contributed by atoms with Crippen LogP contribution in [0.5, 0.6) is 5.75 Å². The molecule has 0 radical (unpaired) electrons. The zero-order chi connectivity index (χ0) is 18.1. The standard InChI is InChI=1S/C21H26O3S/c22-19-8-5-4-7-18(19)15-14-17-12-10-16(11-13-17)6-2-1-3-9-20(25)21(23)24/h4-5,7-8,10-13,20,22,25H,1-3,6,9,14-15H2,(H,23,24). The largest absolute Gasteiger partial charge is 0.508 e. The lowest BCUT2D eigenvalue weighted by molar-refractivity contribution is -0.136. The summed E-state index contributed by atoms with van der Waals surface area (Å²) in [4.78, 5) is 10.7. The number of phenolic OH excluding ortho intramolecular Hbond substituents is 1. The van der Waals surface area contributed by atoms with Crippen LogP contribution in [-0.4, -0.2) is 21.4 Å². The van der Waals surface area contributed by atoms with Crippen LogP contribution < -0.4 is 0 Å². The number of aryl methyl sites for hydroxylation is 3. The third-order valence-electron chi connectivity index (χ3n) is 4.43. The van der Waals surface area contributed by atoms with Crippen molar-refractivity contribution < 1.29 is 15.0 Å². The van der Waals surface area contributed by atoms with Crippen molar-refractivity contribution in [3.05, 3.63) is 65.2 Å². The summed E-state index contributed by atoms with van der Waals surface area (Å²) in [5.74, 6) is -0.465. The number of aliphatic carboxylic acids is 1. The van der Waals surface area contributed by atoms with Gasteiger partial charge in [-0.05, 0) is 54.9 Å². The molecule has 0 aliphatic heterocycles. The molecule has 2 rings (SSSR count). The predicted octanol–water partition coefficient (Wildman–Crippen LogP) is 4.66. The Balaban J connectivity index is 1.69. The van der Waals surface area contributed by atoms with Crippen molar-refractivity contribution in [1.82, 2.24) is 0 Å². The Kier molecular flexibility index (Phi) is 7.86. The molecule has 0 amide bonds. The molecule has 0 saturated carbocycles. The highest BCUT2D eigenvalue weighted by atomic mass is 32.1. The summed E-state index contributed by atoms with van der Waals surface area (Å²) >= 11 is 4.05. The number of aromatic hydroxyl groups is 1. The minimum atomic E-state index is -0.831. The van der Waals surface area contributed by atoms with Crippen LogP contribution in [-0.2, 0) is 24.1 Å². The van der Waals surface area contributed by atoms with E-state index in [4.69, 9.17) is 5.11 Å². The van der Waals surface area contributed by atoms with E-state index in [0.717, 1.165) is 44.1 Å². The third kappa shape index (κ3) is 6.83. The quantitative estimate of drug-likeness (QED) is 0.427. The molecule has 1 unspecified atom stereocenters. The van der Waals surface area contributed by atoms with Crippen molar-refractivity contribution in [3.63, 3.8) is 0 Å². The number of carboxylic acids is 1. The molecule has 2 N–H and O–H groups in total. The maximum atomic E-state index is 10.7. The number of unbranched alkanes of at least 4 members (excludes halogenated alkanes) is 2. The van der Waals surface area contributed by atoms with E-state index >= 15 is 0 Å².